The summed E-state index contributed by atoms with van der Waals surface area (Å²) in [5, 5.41) is 0. The second kappa shape index (κ2) is 4.85. The van der Waals surface area contributed by atoms with E-state index in [0.29, 0.717) is 0 Å². The minimum Gasteiger partial charge on any atom is -0.759 e. The molecule has 0 fully saturated rings. The Hall–Kier alpha value is 0.700. The molecule has 7 heteroatoms. The van der Waals surface area contributed by atoms with Crippen LogP contribution in [-0.2, 0) is 10.4 Å². The van der Waals surface area contributed by atoms with Crippen LogP contribution in [0.3, 0.4) is 0 Å². The van der Waals surface area contributed by atoms with Crippen LogP contribution in [0.15, 0.2) is 0 Å². The number of hydrogen-bond acceptors (Lipinski definition) is 4. The summed E-state index contributed by atoms with van der Waals surface area (Å²) >= 11 is 0. The van der Waals surface area contributed by atoms with Crippen molar-refractivity contribution in [3.63, 3.8) is 0 Å². The summed E-state index contributed by atoms with van der Waals surface area (Å²) in [6, 6.07) is 0. The van der Waals surface area contributed by atoms with E-state index in [1.807, 2.05) is 0 Å². The Morgan fingerprint density at radius 2 is 1.14 bits per heavy atom. The molecule has 0 unspecified atom stereocenters. The Labute approximate surface area is 59.4 Å². The monoisotopic (exact) mass is 229 g/mol. The Kier molecular flexibility index (Phi) is 10.8. The number of hydrogen-bond donors (Lipinski definition) is 0. The Bertz CT molecular complexity index is 91.2. The molecule has 0 aromatic heterocycles. The normalized spacial score (nSPS) is 8.29. The summed E-state index contributed by atoms with van der Waals surface area (Å²) in [5.41, 5.74) is 0. The molecule has 0 atom stereocenters. The molecule has 0 radical (unpaired) electrons. The summed E-state index contributed by atoms with van der Waals surface area (Å²) in [5.74, 6) is 0. The van der Waals surface area contributed by atoms with E-state index >= 15 is 0 Å². The van der Waals surface area contributed by atoms with Crippen molar-refractivity contribution in [2.24, 2.45) is 0 Å². The maximum absolute atomic E-state index is 8.52. The second-order valence-electron chi connectivity index (χ2n) is 0.408. The largest absolute Gasteiger partial charge is 3.00 e. The fourth-order valence-corrected chi connectivity index (χ4v) is 0. The van der Waals surface area contributed by atoms with Gasteiger partial charge in [-0.25, -0.2) is 0 Å². The van der Waals surface area contributed by atoms with E-state index in [4.69, 9.17) is 17.5 Å². The first-order chi connectivity index (χ1) is 2.00. The van der Waals surface area contributed by atoms with Crippen molar-refractivity contribution in [1.29, 1.82) is 0 Å². The second-order valence-corrected chi connectivity index (χ2v) is 1.22. The van der Waals surface area contributed by atoms with Crippen molar-refractivity contribution in [3.8, 4) is 0 Å². The Morgan fingerprint density at radius 3 is 1.14 bits per heavy atom. The molecule has 2 N–H and O–H groups in total. The fourth-order valence-electron chi connectivity index (χ4n) is 0. The van der Waals surface area contributed by atoms with Gasteiger partial charge in [0.2, 0.25) is 0 Å². The average Bonchev–Trinajstić information content (AvgIpc) is 0.722. The van der Waals surface area contributed by atoms with Crippen molar-refractivity contribution in [2.75, 3.05) is 0 Å². The molecule has 0 saturated carbocycles. The molecule has 0 bridgehead atoms. The van der Waals surface area contributed by atoms with E-state index in [-0.39, 0.29) is 31.3 Å². The molecule has 0 aromatic carbocycles. The fraction of sp³-hybridized carbons (Fsp3) is 0. The van der Waals surface area contributed by atoms with Gasteiger partial charge >= 0.3 is 25.8 Å². The molecule has 0 heterocycles. The summed E-state index contributed by atoms with van der Waals surface area (Å²) in [4.78, 5) is 0. The zero-order valence-electron chi connectivity index (χ0n) is 3.12. The van der Waals surface area contributed by atoms with Crippen molar-refractivity contribution in [1.82, 2.24) is 0 Å². The minimum absolute atomic E-state index is 0. The van der Waals surface area contributed by atoms with Gasteiger partial charge in [0.25, 0.3) is 0 Å². The van der Waals surface area contributed by atoms with E-state index in [1.54, 1.807) is 0 Å². The maximum Gasteiger partial charge on any atom is 3.00 e. The van der Waals surface area contributed by atoms with Crippen LogP contribution < -0.4 is 0 Å². The van der Waals surface area contributed by atoms with Gasteiger partial charge < -0.3 is 14.6 Å². The molecule has 7 heavy (non-hydrogen) atoms. The van der Waals surface area contributed by atoms with E-state index in [1.165, 1.54) is 0 Å². The molecular weight excluding hydrogens is 227 g/mol. The van der Waals surface area contributed by atoms with Crippen LogP contribution in [-0.4, -0.2) is 48.8 Å². The van der Waals surface area contributed by atoms with E-state index in [9.17, 15) is 0 Å². The predicted molar refractivity (Wildman–Crippen MR) is 19.8 cm³/mol. The smallest absolute Gasteiger partial charge is 0.759 e. The van der Waals surface area contributed by atoms with Crippen molar-refractivity contribution < 1.29 is 23.0 Å². The van der Waals surface area contributed by atoms with E-state index in [0.717, 1.165) is 0 Å². The van der Waals surface area contributed by atoms with Gasteiger partial charge in [0.05, 0.1) is 0 Å². The van der Waals surface area contributed by atoms with Gasteiger partial charge in [-0.3, -0.25) is 8.42 Å². The first kappa shape index (κ1) is 15.6. The van der Waals surface area contributed by atoms with Gasteiger partial charge in [-0.05, 0) is 0 Å². The Balaban J connectivity index is -0.0000000800. The van der Waals surface area contributed by atoms with Crippen molar-refractivity contribution in [3.05, 3.63) is 0 Å². The zero-order valence-corrected chi connectivity index (χ0v) is 7.23. The maximum atomic E-state index is 8.52. The van der Waals surface area contributed by atoms with Crippen LogP contribution in [0.4, 0.5) is 0 Å². The summed E-state index contributed by atoms with van der Waals surface area (Å²) in [6.45, 7) is 0. The number of rotatable bonds is 0. The van der Waals surface area contributed by atoms with Crippen LogP contribution in [0.25, 0.3) is 0 Å². The van der Waals surface area contributed by atoms with Crippen LogP contribution in [0, 0.1) is 0 Å². The molecule has 0 rings (SSSR count). The van der Waals surface area contributed by atoms with Gasteiger partial charge in [0.15, 0.2) is 0 Å². The van der Waals surface area contributed by atoms with Gasteiger partial charge in [-0.15, -0.1) is 0 Å². The van der Waals surface area contributed by atoms with Gasteiger partial charge in [-0.2, -0.15) is 0 Å². The van der Waals surface area contributed by atoms with Crippen LogP contribution in [0.5, 0.6) is 0 Å². The summed E-state index contributed by atoms with van der Waals surface area (Å²) in [7, 11) is -5.17. The van der Waals surface area contributed by atoms with Crippen LogP contribution >= 0.6 is 0 Å². The SMILES string of the molecule is O.O=S(=O)([O-])[O-].[In+3]. The standard InChI is InChI=1S/In.H2O4S.H2O/c;1-5(2,3)4;/h;(H2,1,2,3,4);1H2/q+3;;/p-2. The predicted octanol–water partition coefficient (Wildman–Crippen LogP) is -2.54. The van der Waals surface area contributed by atoms with Crippen LogP contribution in [0.2, 0.25) is 0 Å². The molecular formula is H2InO5S+. The van der Waals surface area contributed by atoms with Gasteiger partial charge in [0, 0.05) is 10.4 Å². The molecule has 0 saturated heterocycles. The van der Waals surface area contributed by atoms with Gasteiger partial charge in [-0.1, -0.05) is 0 Å². The Morgan fingerprint density at radius 1 is 1.14 bits per heavy atom. The molecule has 0 aliphatic carbocycles. The van der Waals surface area contributed by atoms with Crippen molar-refractivity contribution in [2.45, 2.75) is 0 Å². The summed E-state index contributed by atoms with van der Waals surface area (Å²) in [6.07, 6.45) is 0. The third kappa shape index (κ3) is 302. The average molecular weight is 229 g/mol. The molecule has 0 aliphatic rings. The first-order valence-electron chi connectivity index (χ1n) is 0.667. The topological polar surface area (TPSA) is 112 Å². The first-order valence-corrected chi connectivity index (χ1v) is 2.00. The molecule has 5 nitrogen and oxygen atoms in total. The third-order valence-corrected chi connectivity index (χ3v) is 0. The summed E-state index contributed by atoms with van der Waals surface area (Å²) < 4.78 is 34.1. The quantitative estimate of drug-likeness (QED) is 0.336. The minimum atomic E-state index is -5.17. The van der Waals surface area contributed by atoms with E-state index < -0.39 is 10.4 Å². The zero-order chi connectivity index (χ0) is 4.50. The molecule has 0 amide bonds. The van der Waals surface area contributed by atoms with Gasteiger partial charge in [0.1, 0.15) is 0 Å². The van der Waals surface area contributed by atoms with Crippen LogP contribution in [0.1, 0.15) is 0 Å². The molecule has 0 aliphatic heterocycles. The molecule has 0 spiro atoms. The van der Waals surface area contributed by atoms with E-state index in [2.05, 4.69) is 0 Å². The third-order valence-electron chi connectivity index (χ3n) is 0. The molecule has 40 valence electrons. The van der Waals surface area contributed by atoms with Crippen molar-refractivity contribution >= 4 is 36.2 Å². The molecule has 0 aromatic rings.